The van der Waals surface area contributed by atoms with Crippen LogP contribution in [-0.4, -0.2) is 68.3 Å². The van der Waals surface area contributed by atoms with Gasteiger partial charge in [0, 0.05) is 24.1 Å². The maximum Gasteiger partial charge on any atom is 0.255 e. The number of hydrogen-bond donors (Lipinski definition) is 1. The molecule has 0 saturated carbocycles. The Morgan fingerprint density at radius 3 is 2.54 bits per heavy atom. The van der Waals surface area contributed by atoms with Crippen molar-refractivity contribution in [3.05, 3.63) is 28.2 Å². The van der Waals surface area contributed by atoms with Gasteiger partial charge in [-0.25, -0.2) is 8.42 Å². The zero-order valence-corrected chi connectivity index (χ0v) is 16.5. The first kappa shape index (κ1) is 19.3. The van der Waals surface area contributed by atoms with Crippen LogP contribution in [0.2, 0.25) is 0 Å². The zero-order valence-electron chi connectivity index (χ0n) is 14.1. The molecule has 0 spiro atoms. The van der Waals surface area contributed by atoms with Crippen LogP contribution in [0.5, 0.6) is 0 Å². The molecule has 1 unspecified atom stereocenters. The molecule has 2 N–H and O–H groups in total. The lowest BCUT2D eigenvalue weighted by Crippen LogP contribution is -2.50. The van der Waals surface area contributed by atoms with E-state index < -0.39 is 22.0 Å². The number of carbonyl (C=O) groups is 2. The Kier molecular flexibility index (Phi) is 5.66. The number of sulfonamides is 1. The smallest absolute Gasteiger partial charge is 0.255 e. The molecule has 1 atom stereocenters. The average Bonchev–Trinajstić information content (AvgIpc) is 3.17. The number of ether oxygens (including phenoxy) is 1. The van der Waals surface area contributed by atoms with Crippen molar-refractivity contribution in [2.45, 2.75) is 23.8 Å². The Bertz CT molecular complexity index is 823. The van der Waals surface area contributed by atoms with Gasteiger partial charge in [0.25, 0.3) is 5.91 Å². The molecule has 10 heteroatoms. The van der Waals surface area contributed by atoms with E-state index in [1.807, 2.05) is 0 Å². The molecule has 1 aromatic carbocycles. The average molecular weight is 446 g/mol. The Morgan fingerprint density at radius 1 is 1.19 bits per heavy atom. The summed E-state index contributed by atoms with van der Waals surface area (Å²) >= 11 is 3.31. The van der Waals surface area contributed by atoms with E-state index in [0.717, 1.165) is 12.8 Å². The van der Waals surface area contributed by atoms with Gasteiger partial charge in [-0.15, -0.1) is 0 Å². The lowest BCUT2D eigenvalue weighted by atomic mass is 10.1. The highest BCUT2D eigenvalue weighted by atomic mass is 79.9. The van der Waals surface area contributed by atoms with E-state index in [4.69, 9.17) is 10.5 Å². The Labute approximate surface area is 160 Å². The van der Waals surface area contributed by atoms with Crippen molar-refractivity contribution in [1.82, 2.24) is 9.21 Å². The molecule has 1 aromatic rings. The highest BCUT2D eigenvalue weighted by molar-refractivity contribution is 9.10. The number of nitrogens with two attached hydrogens (primary N) is 1. The van der Waals surface area contributed by atoms with Crippen molar-refractivity contribution < 1.29 is 22.7 Å². The van der Waals surface area contributed by atoms with Crippen molar-refractivity contribution in [1.29, 1.82) is 0 Å². The number of amides is 2. The number of carbonyl (C=O) groups excluding carboxylic acids is 2. The maximum absolute atomic E-state index is 12.9. The molecule has 2 fully saturated rings. The summed E-state index contributed by atoms with van der Waals surface area (Å²) in [7, 11) is -3.62. The molecule has 0 aliphatic carbocycles. The second-order valence-corrected chi connectivity index (χ2v) is 9.06. The topological polar surface area (TPSA) is 110 Å². The van der Waals surface area contributed by atoms with E-state index in [9.17, 15) is 18.0 Å². The quantitative estimate of drug-likeness (QED) is 0.727. The predicted molar refractivity (Wildman–Crippen MR) is 97.0 cm³/mol. The molecule has 26 heavy (non-hydrogen) atoms. The van der Waals surface area contributed by atoms with Gasteiger partial charge in [-0.2, -0.15) is 4.31 Å². The van der Waals surface area contributed by atoms with Crippen LogP contribution in [0.4, 0.5) is 0 Å². The van der Waals surface area contributed by atoms with Gasteiger partial charge in [-0.3, -0.25) is 9.59 Å². The summed E-state index contributed by atoms with van der Waals surface area (Å²) < 4.78 is 32.7. The van der Waals surface area contributed by atoms with Gasteiger partial charge < -0.3 is 15.4 Å². The number of halogens is 1. The number of morpholine rings is 1. The summed E-state index contributed by atoms with van der Waals surface area (Å²) in [6.07, 6.45) is 0.816. The van der Waals surface area contributed by atoms with Crippen LogP contribution in [0.25, 0.3) is 0 Å². The first-order valence-electron chi connectivity index (χ1n) is 8.30. The van der Waals surface area contributed by atoms with Crippen molar-refractivity contribution >= 4 is 37.8 Å². The molecule has 2 aliphatic rings. The van der Waals surface area contributed by atoms with Crippen LogP contribution in [0.15, 0.2) is 27.6 Å². The number of hydrogen-bond acceptors (Lipinski definition) is 5. The molecule has 3 rings (SSSR count). The highest BCUT2D eigenvalue weighted by Gasteiger charge is 2.31. The van der Waals surface area contributed by atoms with E-state index in [0.29, 0.717) is 24.1 Å². The maximum atomic E-state index is 12.9. The number of benzene rings is 1. The van der Waals surface area contributed by atoms with Crippen molar-refractivity contribution in [3.63, 3.8) is 0 Å². The van der Waals surface area contributed by atoms with Gasteiger partial charge in [0.15, 0.2) is 6.10 Å². The van der Waals surface area contributed by atoms with Gasteiger partial charge in [-0.05, 0) is 47.0 Å². The second-order valence-electron chi connectivity index (χ2n) is 6.27. The summed E-state index contributed by atoms with van der Waals surface area (Å²) in [5.41, 5.74) is 5.49. The normalized spacial score (nSPS) is 21.7. The molecule has 8 nitrogen and oxygen atoms in total. The summed E-state index contributed by atoms with van der Waals surface area (Å²) in [5.74, 6) is -1.00. The lowest BCUT2D eigenvalue weighted by Gasteiger charge is -2.31. The van der Waals surface area contributed by atoms with Crippen LogP contribution in [-0.2, 0) is 19.6 Å². The summed E-state index contributed by atoms with van der Waals surface area (Å²) in [6.45, 7) is 1.53. The van der Waals surface area contributed by atoms with E-state index in [1.54, 1.807) is 6.07 Å². The molecule has 2 saturated heterocycles. The molecule has 2 aliphatic heterocycles. The largest absolute Gasteiger partial charge is 0.367 e. The lowest BCUT2D eigenvalue weighted by molar-refractivity contribution is -0.133. The first-order chi connectivity index (χ1) is 12.3. The highest BCUT2D eigenvalue weighted by Crippen LogP contribution is 2.27. The second kappa shape index (κ2) is 7.63. The monoisotopic (exact) mass is 445 g/mol. The van der Waals surface area contributed by atoms with Crippen molar-refractivity contribution in [2.24, 2.45) is 5.73 Å². The molecular formula is C16H20BrN3O5S. The Hall–Kier alpha value is -1.49. The van der Waals surface area contributed by atoms with Gasteiger partial charge in [0.2, 0.25) is 15.9 Å². The fraction of sp³-hybridized carbons (Fsp3) is 0.500. The summed E-state index contributed by atoms with van der Waals surface area (Å²) in [6, 6.07) is 4.43. The summed E-state index contributed by atoms with van der Waals surface area (Å²) in [5, 5.41) is 0. The predicted octanol–water partition coefficient (Wildman–Crippen LogP) is 0.560. The molecular weight excluding hydrogens is 426 g/mol. The third-order valence-electron chi connectivity index (χ3n) is 4.54. The number of rotatable bonds is 4. The molecule has 2 heterocycles. The zero-order chi connectivity index (χ0) is 18.9. The molecule has 0 bridgehead atoms. The van der Waals surface area contributed by atoms with Crippen LogP contribution in [0.1, 0.15) is 23.2 Å². The van der Waals surface area contributed by atoms with Gasteiger partial charge in [0.05, 0.1) is 23.6 Å². The van der Waals surface area contributed by atoms with Crippen molar-refractivity contribution in [2.75, 3.05) is 32.8 Å². The molecule has 0 aromatic heterocycles. The van der Waals surface area contributed by atoms with Gasteiger partial charge in [-0.1, -0.05) is 0 Å². The SMILES string of the molecule is NC(=O)C1CN(C(=O)c2cc(S(=O)(=O)N3CCCC3)ccc2Br)CCO1. The minimum Gasteiger partial charge on any atom is -0.367 e. The van der Waals surface area contributed by atoms with Crippen LogP contribution >= 0.6 is 15.9 Å². The fourth-order valence-electron chi connectivity index (χ4n) is 3.08. The number of primary amides is 1. The fourth-order valence-corrected chi connectivity index (χ4v) is 5.04. The van der Waals surface area contributed by atoms with E-state index in [-0.39, 0.29) is 29.5 Å². The Balaban J connectivity index is 1.88. The third-order valence-corrected chi connectivity index (χ3v) is 7.13. The molecule has 2 amide bonds. The standard InChI is InChI=1S/C16H20BrN3O5S/c17-13-4-3-11(26(23,24)20-5-1-2-6-20)9-12(13)16(22)19-7-8-25-14(10-19)15(18)21/h3-4,9,14H,1-2,5-8,10H2,(H2,18,21). The Morgan fingerprint density at radius 2 is 1.88 bits per heavy atom. The van der Waals surface area contributed by atoms with Gasteiger partial charge >= 0.3 is 0 Å². The summed E-state index contributed by atoms with van der Waals surface area (Å²) in [4.78, 5) is 25.7. The molecule has 142 valence electrons. The minimum atomic E-state index is -3.62. The van der Waals surface area contributed by atoms with Gasteiger partial charge in [0.1, 0.15) is 0 Å². The minimum absolute atomic E-state index is 0.0453. The van der Waals surface area contributed by atoms with Crippen molar-refractivity contribution in [3.8, 4) is 0 Å². The molecule has 0 radical (unpaired) electrons. The first-order valence-corrected chi connectivity index (χ1v) is 10.5. The van der Waals surface area contributed by atoms with Crippen LogP contribution < -0.4 is 5.73 Å². The van der Waals surface area contributed by atoms with E-state index in [2.05, 4.69) is 15.9 Å². The number of nitrogens with zero attached hydrogens (tertiary/aromatic N) is 2. The van der Waals surface area contributed by atoms with Crippen LogP contribution in [0, 0.1) is 0 Å². The third kappa shape index (κ3) is 3.78. The van der Waals surface area contributed by atoms with Crippen LogP contribution in [0.3, 0.4) is 0 Å². The van der Waals surface area contributed by atoms with E-state index >= 15 is 0 Å². The van der Waals surface area contributed by atoms with E-state index in [1.165, 1.54) is 21.3 Å².